The van der Waals surface area contributed by atoms with Crippen LogP contribution in [0.25, 0.3) is 0 Å². The van der Waals surface area contributed by atoms with E-state index in [1.54, 1.807) is 0 Å². The number of fused-ring (bicyclic) bond motifs is 3. The molecule has 38 heavy (non-hydrogen) atoms. The molecule has 2 saturated carbocycles. The molecule has 0 aromatic heterocycles. The molecular weight excluding hydrogens is 579 g/mol. The summed E-state index contributed by atoms with van der Waals surface area (Å²) >= 11 is 11.9. The summed E-state index contributed by atoms with van der Waals surface area (Å²) in [7, 11) is -7.81. The molecule has 0 spiro atoms. The largest absolute Gasteiger partial charge is 0.490 e. The molecule has 2 aromatic rings. The van der Waals surface area contributed by atoms with Gasteiger partial charge in [-0.05, 0) is 61.9 Å². The molecule has 6 nitrogen and oxygen atoms in total. The van der Waals surface area contributed by atoms with Crippen molar-refractivity contribution in [3.05, 3.63) is 57.6 Å². The van der Waals surface area contributed by atoms with E-state index in [0.717, 1.165) is 38.2 Å². The second-order valence-electron chi connectivity index (χ2n) is 10.6. The van der Waals surface area contributed by atoms with Crippen LogP contribution in [0.15, 0.2) is 35.2 Å². The molecule has 5 rings (SSSR count). The Balaban J connectivity index is 1.52. The summed E-state index contributed by atoms with van der Waals surface area (Å²) in [5, 5.41) is -1.33. The average Bonchev–Trinajstić information content (AvgIpc) is 2.86. The number of hydrogen-bond acceptors (Lipinski definition) is 5. The molecule has 12 heteroatoms. The third-order valence-electron chi connectivity index (χ3n) is 7.99. The van der Waals surface area contributed by atoms with Gasteiger partial charge in [0.05, 0.1) is 27.5 Å². The normalized spacial score (nSPS) is 26.3. The van der Waals surface area contributed by atoms with Crippen molar-refractivity contribution in [2.24, 2.45) is 11.8 Å². The molecule has 2 fully saturated rings. The minimum atomic E-state index is -4.11. The second kappa shape index (κ2) is 10.8. The summed E-state index contributed by atoms with van der Waals surface area (Å²) in [4.78, 5) is -0.0227. The van der Waals surface area contributed by atoms with Crippen LogP contribution in [0, 0.1) is 23.5 Å². The molecule has 0 saturated heterocycles. The second-order valence-corrected chi connectivity index (χ2v) is 15.4. The van der Waals surface area contributed by atoms with Crippen molar-refractivity contribution in [2.45, 2.75) is 67.1 Å². The van der Waals surface area contributed by atoms with Gasteiger partial charge < -0.3 is 4.74 Å². The van der Waals surface area contributed by atoms with Gasteiger partial charge in [0, 0.05) is 28.5 Å². The zero-order chi connectivity index (χ0) is 27.2. The van der Waals surface area contributed by atoms with Crippen molar-refractivity contribution in [1.82, 2.24) is 4.72 Å². The van der Waals surface area contributed by atoms with Gasteiger partial charge in [-0.2, -0.15) is 0 Å². The van der Waals surface area contributed by atoms with Crippen LogP contribution in [0.2, 0.25) is 10.0 Å². The number of sulfonamides is 1. The first-order valence-electron chi connectivity index (χ1n) is 12.8. The first-order chi connectivity index (χ1) is 18.0. The number of ether oxygens (including phenoxy) is 1. The first kappa shape index (κ1) is 28.1. The van der Waals surface area contributed by atoms with Gasteiger partial charge in [0.15, 0.2) is 21.4 Å². The van der Waals surface area contributed by atoms with E-state index >= 15 is 4.39 Å². The van der Waals surface area contributed by atoms with Crippen molar-refractivity contribution in [1.29, 1.82) is 0 Å². The van der Waals surface area contributed by atoms with Crippen LogP contribution >= 0.6 is 23.2 Å². The van der Waals surface area contributed by atoms with Gasteiger partial charge in [-0.3, -0.25) is 0 Å². The third kappa shape index (κ3) is 5.57. The van der Waals surface area contributed by atoms with Crippen molar-refractivity contribution in [2.75, 3.05) is 12.4 Å². The summed E-state index contributed by atoms with van der Waals surface area (Å²) < 4.78 is 92.7. The molecule has 1 aliphatic heterocycles. The van der Waals surface area contributed by atoms with Gasteiger partial charge in [0.25, 0.3) is 0 Å². The monoisotopic (exact) mass is 607 g/mol. The van der Waals surface area contributed by atoms with Crippen LogP contribution in [0.4, 0.5) is 8.78 Å². The molecule has 0 radical (unpaired) electrons. The van der Waals surface area contributed by atoms with Crippen molar-refractivity contribution < 1.29 is 30.4 Å². The van der Waals surface area contributed by atoms with Gasteiger partial charge in [0.2, 0.25) is 10.0 Å². The molecule has 2 aromatic carbocycles. The smallest absolute Gasteiger partial charge is 0.212 e. The van der Waals surface area contributed by atoms with Crippen molar-refractivity contribution in [3.63, 3.8) is 0 Å². The zero-order valence-electron chi connectivity index (χ0n) is 20.5. The van der Waals surface area contributed by atoms with E-state index < -0.39 is 59.5 Å². The number of sulfone groups is 1. The number of benzene rings is 2. The summed E-state index contributed by atoms with van der Waals surface area (Å²) in [5.74, 6) is -4.41. The summed E-state index contributed by atoms with van der Waals surface area (Å²) in [5.41, 5.74) is -0.199. The molecule has 1 heterocycles. The highest BCUT2D eigenvalue weighted by Gasteiger charge is 2.51. The van der Waals surface area contributed by atoms with E-state index in [1.165, 1.54) is 24.3 Å². The van der Waals surface area contributed by atoms with Crippen molar-refractivity contribution >= 4 is 43.1 Å². The van der Waals surface area contributed by atoms with Crippen LogP contribution in [-0.4, -0.2) is 40.5 Å². The molecule has 0 amide bonds. The molecule has 2 aliphatic carbocycles. The molecule has 3 aliphatic rings. The van der Waals surface area contributed by atoms with E-state index in [9.17, 15) is 21.2 Å². The van der Waals surface area contributed by atoms with Gasteiger partial charge in [-0.25, -0.2) is 30.3 Å². The zero-order valence-corrected chi connectivity index (χ0v) is 23.7. The SMILES string of the molecule is O=S(=O)(C[C@H]1C[C@@H]2COc3c(F)cc(Cl)c(F)c3C2[C@@H](S(=O)(=O)c2ccc(Cl)cc2)C1)NC1CCCCC1. The Kier molecular flexibility index (Phi) is 8.01. The number of nitrogens with one attached hydrogen (secondary N) is 1. The fourth-order valence-corrected chi connectivity index (χ4v) is 10.6. The fraction of sp³-hybridized carbons (Fsp3) is 0.538. The highest BCUT2D eigenvalue weighted by Crippen LogP contribution is 2.52. The van der Waals surface area contributed by atoms with E-state index in [4.69, 9.17) is 27.9 Å². The van der Waals surface area contributed by atoms with Gasteiger partial charge >= 0.3 is 0 Å². The Hall–Kier alpha value is -1.46. The van der Waals surface area contributed by atoms with E-state index in [-0.39, 0.29) is 47.5 Å². The third-order valence-corrected chi connectivity index (χ3v) is 12.3. The number of halogens is 4. The van der Waals surface area contributed by atoms with Crippen LogP contribution in [0.1, 0.15) is 56.4 Å². The fourth-order valence-electron chi connectivity index (χ4n) is 6.36. The molecule has 1 unspecified atom stereocenters. The first-order valence-corrected chi connectivity index (χ1v) is 16.7. The lowest BCUT2D eigenvalue weighted by atomic mass is 9.70. The highest BCUT2D eigenvalue weighted by molar-refractivity contribution is 7.92. The van der Waals surface area contributed by atoms with E-state index in [1.807, 2.05) is 0 Å². The molecular formula is C26H29Cl2F2NO5S2. The lowest BCUT2D eigenvalue weighted by Gasteiger charge is -2.44. The molecule has 0 bridgehead atoms. The summed E-state index contributed by atoms with van der Waals surface area (Å²) in [6.07, 6.45) is 4.81. The topological polar surface area (TPSA) is 89.5 Å². The highest BCUT2D eigenvalue weighted by atomic mass is 35.5. The Labute approximate surface area is 232 Å². The summed E-state index contributed by atoms with van der Waals surface area (Å²) in [6, 6.07) is 6.32. The maximum absolute atomic E-state index is 15.4. The summed E-state index contributed by atoms with van der Waals surface area (Å²) in [6.45, 7) is -0.0606. The van der Waals surface area contributed by atoms with Crippen LogP contribution in [0.3, 0.4) is 0 Å². The van der Waals surface area contributed by atoms with Gasteiger partial charge in [-0.1, -0.05) is 42.5 Å². The lowest BCUT2D eigenvalue weighted by Crippen LogP contribution is -2.47. The van der Waals surface area contributed by atoms with Crippen LogP contribution < -0.4 is 9.46 Å². The standard InChI is InChI=1S/C26H29Cl2F2NO5S2/c27-17-6-8-19(9-7-17)38(34,35)22-11-15(14-37(32,33)31-18-4-2-1-3-5-18)10-16-13-36-26-21(29)12-20(28)25(30)24(26)23(16)22/h6-9,12,15-16,18,22-23,31H,1-5,10-11,13-14H2/t15-,16+,22-,23?/m0/s1. The number of rotatable bonds is 6. The predicted octanol–water partition coefficient (Wildman–Crippen LogP) is 5.87. The minimum Gasteiger partial charge on any atom is -0.490 e. The van der Waals surface area contributed by atoms with Crippen LogP contribution in [0.5, 0.6) is 5.75 Å². The molecule has 1 N–H and O–H groups in total. The Bertz CT molecular complexity index is 1410. The predicted molar refractivity (Wildman–Crippen MR) is 142 cm³/mol. The van der Waals surface area contributed by atoms with Crippen molar-refractivity contribution in [3.8, 4) is 5.75 Å². The number of hydrogen-bond donors (Lipinski definition) is 1. The Morgan fingerprint density at radius 2 is 1.66 bits per heavy atom. The van der Waals surface area contributed by atoms with Gasteiger partial charge in [-0.15, -0.1) is 0 Å². The van der Waals surface area contributed by atoms with E-state index in [0.29, 0.717) is 5.02 Å². The Morgan fingerprint density at radius 3 is 2.34 bits per heavy atom. The molecule has 4 atom stereocenters. The maximum atomic E-state index is 15.4. The lowest BCUT2D eigenvalue weighted by molar-refractivity contribution is 0.128. The minimum absolute atomic E-state index is 0.0227. The van der Waals surface area contributed by atoms with E-state index in [2.05, 4.69) is 4.72 Å². The van der Waals surface area contributed by atoms with Gasteiger partial charge in [0.1, 0.15) is 5.82 Å². The quantitative estimate of drug-likeness (QED) is 0.415. The molecule has 208 valence electrons. The average molecular weight is 609 g/mol. The van der Waals surface area contributed by atoms with Crippen LogP contribution in [-0.2, 0) is 19.9 Å². The maximum Gasteiger partial charge on any atom is 0.212 e. The Morgan fingerprint density at radius 1 is 0.974 bits per heavy atom.